The van der Waals surface area contributed by atoms with Crippen molar-refractivity contribution in [3.05, 3.63) is 39.9 Å². The first-order valence-corrected chi connectivity index (χ1v) is 6.29. The van der Waals surface area contributed by atoms with Gasteiger partial charge in [-0.3, -0.25) is 10.1 Å². The van der Waals surface area contributed by atoms with E-state index in [-0.39, 0.29) is 10.7 Å². The predicted octanol–water partition coefficient (Wildman–Crippen LogP) is 2.67. The number of hydrogen-bond donors (Lipinski definition) is 0. The fourth-order valence-corrected chi connectivity index (χ4v) is 1.66. The highest BCUT2D eigenvalue weighted by molar-refractivity contribution is 9.09. The number of alkyl halides is 1. The lowest BCUT2D eigenvalue weighted by atomic mass is 10.3. The lowest BCUT2D eigenvalue weighted by Crippen LogP contribution is -1.99. The topological polar surface area (TPSA) is 87.0 Å². The van der Waals surface area contributed by atoms with Gasteiger partial charge in [-0.25, -0.2) is 4.68 Å². The number of nitrogens with zero attached hydrogens (tertiary/aromatic N) is 4. The molecule has 0 radical (unpaired) electrons. The molecule has 0 aliphatic heterocycles. The van der Waals surface area contributed by atoms with Crippen LogP contribution in [0, 0.1) is 10.1 Å². The maximum Gasteiger partial charge on any atom is 0.433 e. The Morgan fingerprint density at radius 3 is 3.00 bits per heavy atom. The zero-order valence-electron chi connectivity index (χ0n) is 9.62. The molecule has 8 heteroatoms. The molecule has 1 unspecified atom stereocenters. The normalized spacial score (nSPS) is 12.6. The standard InChI is InChI=1S/C10H11BrN4O3/c1-2-8(11)9-6-14(13-12-9)5-7-3-4-10(18-7)15(16)17/h3-4,6,8H,2,5H2,1H3. The van der Waals surface area contributed by atoms with Crippen LogP contribution < -0.4 is 0 Å². The zero-order valence-corrected chi connectivity index (χ0v) is 11.2. The van der Waals surface area contributed by atoms with E-state index in [1.54, 1.807) is 16.9 Å². The molecule has 2 aromatic rings. The number of rotatable bonds is 5. The fourth-order valence-electron chi connectivity index (χ4n) is 1.45. The van der Waals surface area contributed by atoms with Gasteiger partial charge in [0.05, 0.1) is 22.8 Å². The minimum Gasteiger partial charge on any atom is -0.404 e. The van der Waals surface area contributed by atoms with Crippen LogP contribution in [0.25, 0.3) is 0 Å². The maximum absolute atomic E-state index is 10.5. The Kier molecular flexibility index (Phi) is 3.75. The Bertz CT molecular complexity index is 551. The molecule has 7 nitrogen and oxygen atoms in total. The Balaban J connectivity index is 2.08. The van der Waals surface area contributed by atoms with Gasteiger partial charge in [-0.2, -0.15) is 0 Å². The van der Waals surface area contributed by atoms with Crippen molar-refractivity contribution in [2.75, 3.05) is 0 Å². The molecule has 96 valence electrons. The summed E-state index contributed by atoms with van der Waals surface area (Å²) in [7, 11) is 0. The molecule has 0 bridgehead atoms. The summed E-state index contributed by atoms with van der Waals surface area (Å²) in [4.78, 5) is 10.1. The maximum atomic E-state index is 10.5. The van der Waals surface area contributed by atoms with Crippen LogP contribution in [-0.4, -0.2) is 19.9 Å². The number of halogens is 1. The molecule has 0 aromatic carbocycles. The summed E-state index contributed by atoms with van der Waals surface area (Å²) in [5.74, 6) is 0.207. The average molecular weight is 315 g/mol. The van der Waals surface area contributed by atoms with Crippen molar-refractivity contribution in [1.82, 2.24) is 15.0 Å². The average Bonchev–Trinajstić information content (AvgIpc) is 2.98. The summed E-state index contributed by atoms with van der Waals surface area (Å²) in [6.07, 6.45) is 2.70. The van der Waals surface area contributed by atoms with Gasteiger partial charge in [0, 0.05) is 0 Å². The minimum atomic E-state index is -0.568. The van der Waals surface area contributed by atoms with Crippen LogP contribution in [0.15, 0.2) is 22.7 Å². The molecule has 0 N–H and O–H groups in total. The monoisotopic (exact) mass is 314 g/mol. The Labute approximate surface area is 111 Å². The highest BCUT2D eigenvalue weighted by Crippen LogP contribution is 2.23. The lowest BCUT2D eigenvalue weighted by Gasteiger charge is -1.99. The van der Waals surface area contributed by atoms with E-state index in [9.17, 15) is 10.1 Å². The van der Waals surface area contributed by atoms with E-state index in [1.807, 2.05) is 6.92 Å². The molecule has 0 aliphatic rings. The summed E-state index contributed by atoms with van der Waals surface area (Å²) in [6, 6.07) is 2.89. The van der Waals surface area contributed by atoms with Crippen molar-refractivity contribution >= 4 is 21.8 Å². The van der Waals surface area contributed by atoms with E-state index in [0.717, 1.165) is 12.1 Å². The molecule has 2 aromatic heterocycles. The van der Waals surface area contributed by atoms with Crippen molar-refractivity contribution in [2.24, 2.45) is 0 Å². The van der Waals surface area contributed by atoms with Gasteiger partial charge in [0.15, 0.2) is 0 Å². The quantitative estimate of drug-likeness (QED) is 0.481. The van der Waals surface area contributed by atoms with Gasteiger partial charge in [-0.15, -0.1) is 5.10 Å². The fraction of sp³-hybridized carbons (Fsp3) is 0.400. The Hall–Kier alpha value is -1.70. The SMILES string of the molecule is CCC(Br)c1cn(Cc2ccc([N+](=O)[O-])o2)nn1. The first-order chi connectivity index (χ1) is 8.60. The van der Waals surface area contributed by atoms with Crippen LogP contribution in [0.5, 0.6) is 0 Å². The van der Waals surface area contributed by atoms with Gasteiger partial charge in [0.1, 0.15) is 17.2 Å². The van der Waals surface area contributed by atoms with E-state index in [4.69, 9.17) is 4.42 Å². The van der Waals surface area contributed by atoms with Crippen molar-refractivity contribution < 1.29 is 9.34 Å². The van der Waals surface area contributed by atoms with E-state index in [0.29, 0.717) is 12.3 Å². The molecule has 0 fully saturated rings. The van der Waals surface area contributed by atoms with Crippen LogP contribution >= 0.6 is 15.9 Å². The van der Waals surface area contributed by atoms with Gasteiger partial charge in [0.25, 0.3) is 0 Å². The Morgan fingerprint density at radius 1 is 1.61 bits per heavy atom. The highest BCUT2D eigenvalue weighted by Gasteiger charge is 2.14. The third kappa shape index (κ3) is 2.76. The summed E-state index contributed by atoms with van der Waals surface area (Å²) in [5.41, 5.74) is 0.832. The van der Waals surface area contributed by atoms with Gasteiger partial charge in [-0.1, -0.05) is 28.1 Å². The van der Waals surface area contributed by atoms with Crippen molar-refractivity contribution in [3.63, 3.8) is 0 Å². The van der Waals surface area contributed by atoms with Crippen LogP contribution in [0.3, 0.4) is 0 Å². The van der Waals surface area contributed by atoms with Gasteiger partial charge in [-0.05, 0) is 12.5 Å². The van der Waals surface area contributed by atoms with Crippen LogP contribution in [0.4, 0.5) is 5.88 Å². The molecule has 0 spiro atoms. The minimum absolute atomic E-state index is 0.164. The summed E-state index contributed by atoms with van der Waals surface area (Å²) in [5, 5.41) is 18.4. The van der Waals surface area contributed by atoms with Gasteiger partial charge < -0.3 is 4.42 Å². The number of furan rings is 1. The second-order valence-electron chi connectivity index (χ2n) is 3.71. The summed E-state index contributed by atoms with van der Waals surface area (Å²) in [6.45, 7) is 2.36. The van der Waals surface area contributed by atoms with Crippen molar-refractivity contribution in [3.8, 4) is 0 Å². The van der Waals surface area contributed by atoms with Crippen molar-refractivity contribution in [2.45, 2.75) is 24.7 Å². The number of nitro groups is 1. The predicted molar refractivity (Wildman–Crippen MR) is 66.4 cm³/mol. The molecule has 0 saturated carbocycles. The second-order valence-corrected chi connectivity index (χ2v) is 4.82. The van der Waals surface area contributed by atoms with E-state index in [1.165, 1.54) is 6.07 Å². The molecule has 2 heterocycles. The smallest absolute Gasteiger partial charge is 0.404 e. The molecule has 0 amide bonds. The molecule has 0 saturated heterocycles. The zero-order chi connectivity index (χ0) is 13.1. The van der Waals surface area contributed by atoms with Crippen LogP contribution in [0.1, 0.15) is 29.6 Å². The molecule has 0 aliphatic carbocycles. The first kappa shape index (κ1) is 12.7. The third-order valence-electron chi connectivity index (χ3n) is 2.38. The molecule has 2 rings (SSSR count). The summed E-state index contributed by atoms with van der Waals surface area (Å²) >= 11 is 3.48. The molecular weight excluding hydrogens is 304 g/mol. The first-order valence-electron chi connectivity index (χ1n) is 5.37. The van der Waals surface area contributed by atoms with Crippen molar-refractivity contribution in [1.29, 1.82) is 0 Å². The van der Waals surface area contributed by atoms with Gasteiger partial charge >= 0.3 is 5.88 Å². The lowest BCUT2D eigenvalue weighted by molar-refractivity contribution is -0.402. The number of hydrogen-bond acceptors (Lipinski definition) is 5. The van der Waals surface area contributed by atoms with E-state index >= 15 is 0 Å². The summed E-state index contributed by atoms with van der Waals surface area (Å²) < 4.78 is 6.63. The highest BCUT2D eigenvalue weighted by atomic mass is 79.9. The molecular formula is C10H11BrN4O3. The van der Waals surface area contributed by atoms with Crippen LogP contribution in [-0.2, 0) is 6.54 Å². The largest absolute Gasteiger partial charge is 0.433 e. The van der Waals surface area contributed by atoms with E-state index in [2.05, 4.69) is 26.2 Å². The van der Waals surface area contributed by atoms with Gasteiger partial charge in [0.2, 0.25) is 0 Å². The third-order valence-corrected chi connectivity index (χ3v) is 3.50. The Morgan fingerprint density at radius 2 is 2.39 bits per heavy atom. The molecule has 18 heavy (non-hydrogen) atoms. The van der Waals surface area contributed by atoms with Crippen LogP contribution in [0.2, 0.25) is 0 Å². The molecule has 1 atom stereocenters. The number of aromatic nitrogens is 3. The second kappa shape index (κ2) is 5.30. The van der Waals surface area contributed by atoms with E-state index < -0.39 is 4.92 Å².